The Bertz CT molecular complexity index is 394. The van der Waals surface area contributed by atoms with Gasteiger partial charge in [-0.15, -0.1) is 0 Å². The van der Waals surface area contributed by atoms with Crippen molar-refractivity contribution >= 4 is 21.7 Å². The number of likely N-dealkylation sites (N-methyl/N-ethyl adjacent to an activating group) is 1. The third-order valence-electron chi connectivity index (χ3n) is 3.34. The minimum Gasteiger partial charge on any atom is -0.352 e. The Kier molecular flexibility index (Phi) is 4.05. The summed E-state index contributed by atoms with van der Waals surface area (Å²) in [6, 6.07) is 2.67. The van der Waals surface area contributed by atoms with E-state index in [9.17, 15) is 0 Å². The van der Waals surface area contributed by atoms with Gasteiger partial charge in [0.15, 0.2) is 0 Å². The Balaban J connectivity index is 2.25. The Labute approximate surface area is 112 Å². The van der Waals surface area contributed by atoms with Crippen LogP contribution in [0.25, 0.3) is 0 Å². The number of halogens is 1. The molecule has 1 saturated heterocycles. The highest BCUT2D eigenvalue weighted by Crippen LogP contribution is 2.24. The maximum atomic E-state index is 4.58. The zero-order valence-corrected chi connectivity index (χ0v) is 12.4. The molecule has 4 heteroatoms. The van der Waals surface area contributed by atoms with Gasteiger partial charge >= 0.3 is 0 Å². The molecule has 2 rings (SSSR count). The molecule has 1 atom stereocenters. The lowest BCUT2D eigenvalue weighted by molar-refractivity contribution is 0.337. The van der Waals surface area contributed by atoms with E-state index >= 15 is 0 Å². The van der Waals surface area contributed by atoms with Crippen LogP contribution in [-0.4, -0.2) is 42.6 Å². The van der Waals surface area contributed by atoms with Gasteiger partial charge in [0.05, 0.1) is 0 Å². The molecule has 0 aliphatic carbocycles. The summed E-state index contributed by atoms with van der Waals surface area (Å²) in [5.41, 5.74) is 1.25. The molecule has 0 amide bonds. The van der Waals surface area contributed by atoms with E-state index in [4.69, 9.17) is 0 Å². The summed E-state index contributed by atoms with van der Waals surface area (Å²) in [4.78, 5) is 9.42. The fraction of sp³-hybridized carbons (Fsp3) is 0.615. The summed E-state index contributed by atoms with van der Waals surface area (Å²) in [5.74, 6) is 1.14. The van der Waals surface area contributed by atoms with Crippen LogP contribution in [0.2, 0.25) is 0 Å². The van der Waals surface area contributed by atoms with Crippen molar-refractivity contribution in [3.8, 4) is 0 Å². The first-order valence-corrected chi connectivity index (χ1v) is 6.94. The van der Waals surface area contributed by atoms with Crippen LogP contribution in [0.4, 0.5) is 5.82 Å². The second-order valence-electron chi connectivity index (χ2n) is 4.95. The van der Waals surface area contributed by atoms with Crippen molar-refractivity contribution in [1.82, 2.24) is 9.88 Å². The zero-order valence-electron chi connectivity index (χ0n) is 10.8. The van der Waals surface area contributed by atoms with Crippen molar-refractivity contribution in [2.24, 2.45) is 0 Å². The minimum absolute atomic E-state index is 0.523. The van der Waals surface area contributed by atoms with Crippen molar-refractivity contribution in [2.45, 2.75) is 26.3 Å². The molecule has 0 bridgehead atoms. The van der Waals surface area contributed by atoms with E-state index in [1.165, 1.54) is 18.5 Å². The lowest BCUT2D eigenvalue weighted by Gasteiger charge is -2.30. The van der Waals surface area contributed by atoms with Gasteiger partial charge < -0.3 is 9.80 Å². The van der Waals surface area contributed by atoms with E-state index in [1.807, 2.05) is 6.20 Å². The van der Waals surface area contributed by atoms with Gasteiger partial charge in [-0.3, -0.25) is 0 Å². The average Bonchev–Trinajstić information content (AvgIpc) is 2.40. The Morgan fingerprint density at radius 3 is 2.88 bits per heavy atom. The van der Waals surface area contributed by atoms with Crippen LogP contribution in [0.15, 0.2) is 16.7 Å². The van der Waals surface area contributed by atoms with Crippen molar-refractivity contribution in [3.63, 3.8) is 0 Å². The van der Waals surface area contributed by atoms with Gasteiger partial charge in [-0.25, -0.2) is 4.98 Å². The molecule has 1 fully saturated rings. The topological polar surface area (TPSA) is 19.4 Å². The molecular formula is C13H20BrN3. The maximum absolute atomic E-state index is 4.58. The van der Waals surface area contributed by atoms with Gasteiger partial charge in [0.25, 0.3) is 0 Å². The molecule has 2 heterocycles. The number of hydrogen-bond acceptors (Lipinski definition) is 3. The SMILES string of the molecule is Cc1cc(Br)cnc1N1CCCN(C)CC1C. The molecular weight excluding hydrogens is 278 g/mol. The molecule has 0 saturated carbocycles. The number of aryl methyl sites for hydroxylation is 1. The van der Waals surface area contributed by atoms with E-state index in [1.54, 1.807) is 0 Å². The van der Waals surface area contributed by atoms with E-state index < -0.39 is 0 Å². The van der Waals surface area contributed by atoms with Gasteiger partial charge in [0.1, 0.15) is 5.82 Å². The molecule has 94 valence electrons. The molecule has 0 N–H and O–H groups in total. The predicted octanol–water partition coefficient (Wildman–Crippen LogP) is 2.68. The van der Waals surface area contributed by atoms with Gasteiger partial charge in [-0.05, 0) is 61.4 Å². The lowest BCUT2D eigenvalue weighted by atomic mass is 10.2. The van der Waals surface area contributed by atoms with Crippen molar-refractivity contribution in [3.05, 3.63) is 22.3 Å². The molecule has 1 aliphatic rings. The number of hydrogen-bond donors (Lipinski definition) is 0. The van der Waals surface area contributed by atoms with Gasteiger partial charge in [-0.1, -0.05) is 0 Å². The summed E-state index contributed by atoms with van der Waals surface area (Å²) in [7, 11) is 2.20. The monoisotopic (exact) mass is 297 g/mol. The van der Waals surface area contributed by atoms with Crippen molar-refractivity contribution < 1.29 is 0 Å². The standard InChI is InChI=1S/C13H20BrN3/c1-10-7-12(14)8-15-13(10)17-6-4-5-16(3)9-11(17)2/h7-8,11H,4-6,9H2,1-3H3. The Morgan fingerprint density at radius 1 is 1.41 bits per heavy atom. The fourth-order valence-electron chi connectivity index (χ4n) is 2.52. The molecule has 1 aromatic rings. The molecule has 1 unspecified atom stereocenters. The smallest absolute Gasteiger partial charge is 0.131 e. The molecule has 3 nitrogen and oxygen atoms in total. The third kappa shape index (κ3) is 2.99. The van der Waals surface area contributed by atoms with Crippen LogP contribution in [0, 0.1) is 6.92 Å². The van der Waals surface area contributed by atoms with Crippen LogP contribution in [0.5, 0.6) is 0 Å². The minimum atomic E-state index is 0.523. The molecule has 0 spiro atoms. The quantitative estimate of drug-likeness (QED) is 0.794. The largest absolute Gasteiger partial charge is 0.352 e. The van der Waals surface area contributed by atoms with Crippen LogP contribution in [-0.2, 0) is 0 Å². The van der Waals surface area contributed by atoms with Crippen molar-refractivity contribution in [1.29, 1.82) is 0 Å². The predicted molar refractivity (Wildman–Crippen MR) is 75.6 cm³/mol. The molecule has 17 heavy (non-hydrogen) atoms. The van der Waals surface area contributed by atoms with Crippen molar-refractivity contribution in [2.75, 3.05) is 31.6 Å². The zero-order chi connectivity index (χ0) is 12.4. The summed E-state index contributed by atoms with van der Waals surface area (Å²) in [6.45, 7) is 7.80. The third-order valence-corrected chi connectivity index (χ3v) is 3.77. The number of rotatable bonds is 1. The summed E-state index contributed by atoms with van der Waals surface area (Å²) in [5, 5.41) is 0. The molecule has 0 aromatic carbocycles. The first-order chi connectivity index (χ1) is 8.08. The molecule has 1 aliphatic heterocycles. The van der Waals surface area contributed by atoms with E-state index in [-0.39, 0.29) is 0 Å². The van der Waals surface area contributed by atoms with Crippen LogP contribution >= 0.6 is 15.9 Å². The van der Waals surface area contributed by atoms with Crippen LogP contribution in [0.1, 0.15) is 18.9 Å². The van der Waals surface area contributed by atoms with Gasteiger partial charge in [0.2, 0.25) is 0 Å². The second kappa shape index (κ2) is 5.36. The number of pyridine rings is 1. The highest BCUT2D eigenvalue weighted by molar-refractivity contribution is 9.10. The maximum Gasteiger partial charge on any atom is 0.131 e. The number of aromatic nitrogens is 1. The van der Waals surface area contributed by atoms with Crippen LogP contribution in [0.3, 0.4) is 0 Å². The summed E-state index contributed by atoms with van der Waals surface area (Å²) < 4.78 is 1.05. The molecule has 0 radical (unpaired) electrons. The van der Waals surface area contributed by atoms with E-state index in [2.05, 4.69) is 57.7 Å². The summed E-state index contributed by atoms with van der Waals surface area (Å²) >= 11 is 3.47. The second-order valence-corrected chi connectivity index (χ2v) is 5.87. The Hall–Kier alpha value is -0.610. The van der Waals surface area contributed by atoms with E-state index in [0.29, 0.717) is 6.04 Å². The molecule has 1 aromatic heterocycles. The fourth-order valence-corrected chi connectivity index (χ4v) is 2.97. The number of nitrogens with zero attached hydrogens (tertiary/aromatic N) is 3. The van der Waals surface area contributed by atoms with E-state index in [0.717, 1.165) is 23.4 Å². The lowest BCUT2D eigenvalue weighted by Crippen LogP contribution is -2.38. The normalized spacial score (nSPS) is 22.6. The first-order valence-electron chi connectivity index (χ1n) is 6.15. The average molecular weight is 298 g/mol. The van der Waals surface area contributed by atoms with Gasteiger partial charge in [-0.2, -0.15) is 0 Å². The Morgan fingerprint density at radius 2 is 2.18 bits per heavy atom. The highest BCUT2D eigenvalue weighted by atomic mass is 79.9. The summed E-state index contributed by atoms with van der Waals surface area (Å²) in [6.07, 6.45) is 3.10. The van der Waals surface area contributed by atoms with Crippen LogP contribution < -0.4 is 4.90 Å². The van der Waals surface area contributed by atoms with Gasteiger partial charge in [0, 0.05) is 29.8 Å². The number of anilines is 1. The first kappa shape index (κ1) is 12.8. The highest BCUT2D eigenvalue weighted by Gasteiger charge is 2.21.